The summed E-state index contributed by atoms with van der Waals surface area (Å²) in [6.07, 6.45) is -10.3. The normalized spacial score (nSPS) is 15.8. The van der Waals surface area contributed by atoms with Crippen molar-refractivity contribution < 1.29 is 31.4 Å². The zero-order valence-electron chi connectivity index (χ0n) is 12.7. The highest BCUT2D eigenvalue weighted by molar-refractivity contribution is 5.35. The molecule has 0 aliphatic rings. The second kappa shape index (κ2) is 7.09. The fourth-order valence-electron chi connectivity index (χ4n) is 2.08. The van der Waals surface area contributed by atoms with Crippen LogP contribution >= 0.6 is 0 Å². The van der Waals surface area contributed by atoms with E-state index in [1.54, 1.807) is 0 Å². The van der Waals surface area contributed by atoms with Crippen LogP contribution in [0.3, 0.4) is 0 Å². The van der Waals surface area contributed by atoms with Crippen LogP contribution in [-0.2, 0) is 12.4 Å². The molecule has 0 spiro atoms. The van der Waals surface area contributed by atoms with E-state index < -0.39 is 35.6 Å². The third-order valence-corrected chi connectivity index (χ3v) is 3.45. The van der Waals surface area contributed by atoms with Crippen molar-refractivity contribution in [1.82, 2.24) is 0 Å². The van der Waals surface area contributed by atoms with Crippen LogP contribution in [0.5, 0.6) is 0 Å². The van der Waals surface area contributed by atoms with Crippen molar-refractivity contribution in [2.24, 2.45) is 11.7 Å². The first-order chi connectivity index (χ1) is 10.3. The Kier molecular flexibility index (Phi) is 6.09. The number of halogens is 6. The van der Waals surface area contributed by atoms with E-state index in [4.69, 9.17) is 5.73 Å². The van der Waals surface area contributed by atoms with Gasteiger partial charge in [0.05, 0.1) is 23.3 Å². The lowest BCUT2D eigenvalue weighted by Crippen LogP contribution is -2.27. The van der Waals surface area contributed by atoms with Gasteiger partial charge in [0, 0.05) is 0 Å². The van der Waals surface area contributed by atoms with E-state index >= 15 is 0 Å². The molecule has 0 bridgehead atoms. The van der Waals surface area contributed by atoms with E-state index in [1.807, 2.05) is 13.8 Å². The Morgan fingerprint density at radius 2 is 1.35 bits per heavy atom. The monoisotopic (exact) mass is 343 g/mol. The van der Waals surface area contributed by atoms with Gasteiger partial charge in [-0.3, -0.25) is 0 Å². The number of aliphatic hydroxyl groups excluding tert-OH is 1. The summed E-state index contributed by atoms with van der Waals surface area (Å²) in [5.41, 5.74) is 2.41. The Morgan fingerprint density at radius 1 is 0.913 bits per heavy atom. The number of hydrogen-bond acceptors (Lipinski definition) is 2. The summed E-state index contributed by atoms with van der Waals surface area (Å²) in [6.45, 7) is 3.76. The van der Waals surface area contributed by atoms with E-state index in [0.29, 0.717) is 18.6 Å². The molecule has 1 aromatic rings. The smallest absolute Gasteiger partial charge is 0.391 e. The minimum Gasteiger partial charge on any atom is -0.391 e. The van der Waals surface area contributed by atoms with E-state index in [2.05, 4.69) is 0 Å². The first-order valence-electron chi connectivity index (χ1n) is 7.05. The minimum atomic E-state index is -4.93. The SMILES string of the molecule is CC(C)CC[C@H](O)[C@H](N)c1cc(C(F)(F)F)cc(C(F)(F)F)c1. The average molecular weight is 343 g/mol. The molecule has 3 N–H and O–H groups in total. The third kappa shape index (κ3) is 5.69. The Hall–Kier alpha value is -1.28. The summed E-state index contributed by atoms with van der Waals surface area (Å²) in [6, 6.07) is -0.176. The summed E-state index contributed by atoms with van der Waals surface area (Å²) in [5, 5.41) is 9.92. The molecule has 23 heavy (non-hydrogen) atoms. The number of alkyl halides is 6. The molecular formula is C15H19F6NO. The highest BCUT2D eigenvalue weighted by Crippen LogP contribution is 2.37. The maximum Gasteiger partial charge on any atom is 0.416 e. The molecule has 0 unspecified atom stereocenters. The average Bonchev–Trinajstić information content (AvgIpc) is 2.41. The quantitative estimate of drug-likeness (QED) is 0.772. The molecular weight excluding hydrogens is 324 g/mol. The van der Waals surface area contributed by atoms with Gasteiger partial charge in [-0.05, 0) is 42.5 Å². The molecule has 132 valence electrons. The first-order valence-corrected chi connectivity index (χ1v) is 7.05. The lowest BCUT2D eigenvalue weighted by molar-refractivity contribution is -0.143. The number of rotatable bonds is 5. The van der Waals surface area contributed by atoms with E-state index in [1.165, 1.54) is 0 Å². The molecule has 1 aromatic carbocycles. The number of benzene rings is 1. The van der Waals surface area contributed by atoms with Crippen molar-refractivity contribution in [3.8, 4) is 0 Å². The molecule has 0 saturated heterocycles. The zero-order chi connectivity index (χ0) is 18.0. The van der Waals surface area contributed by atoms with Gasteiger partial charge in [-0.2, -0.15) is 26.3 Å². The van der Waals surface area contributed by atoms with Crippen molar-refractivity contribution in [2.45, 2.75) is 51.2 Å². The summed E-state index contributed by atoms with van der Waals surface area (Å²) in [7, 11) is 0. The first kappa shape index (κ1) is 19.8. The standard InChI is InChI=1S/C15H19F6NO/c1-8(2)3-4-12(23)13(22)9-5-10(14(16,17)18)7-11(6-9)15(19,20)21/h5-8,12-13,23H,3-4,22H2,1-2H3/t12-,13+/m0/s1. The second-order valence-electron chi connectivity index (χ2n) is 5.90. The summed E-state index contributed by atoms with van der Waals surface area (Å²) < 4.78 is 76.7. The van der Waals surface area contributed by atoms with Crippen molar-refractivity contribution in [1.29, 1.82) is 0 Å². The molecule has 8 heteroatoms. The number of nitrogens with two attached hydrogens (primary N) is 1. The van der Waals surface area contributed by atoms with Crippen LogP contribution in [0.2, 0.25) is 0 Å². The largest absolute Gasteiger partial charge is 0.416 e. The number of aliphatic hydroxyl groups is 1. The highest BCUT2D eigenvalue weighted by Gasteiger charge is 2.37. The maximum absolute atomic E-state index is 12.8. The Balaban J connectivity index is 3.19. The van der Waals surface area contributed by atoms with Gasteiger partial charge < -0.3 is 10.8 Å². The zero-order valence-corrected chi connectivity index (χ0v) is 12.7. The summed E-state index contributed by atoms with van der Waals surface area (Å²) >= 11 is 0. The van der Waals surface area contributed by atoms with Crippen molar-refractivity contribution in [2.75, 3.05) is 0 Å². The lowest BCUT2D eigenvalue weighted by atomic mass is 9.93. The van der Waals surface area contributed by atoms with Crippen LogP contribution in [0.25, 0.3) is 0 Å². The summed E-state index contributed by atoms with van der Waals surface area (Å²) in [5.74, 6) is 0.226. The molecule has 1 rings (SSSR count). The van der Waals surface area contributed by atoms with Gasteiger partial charge >= 0.3 is 12.4 Å². The Labute approximate surface area is 130 Å². The molecule has 2 atom stereocenters. The molecule has 0 saturated carbocycles. The van der Waals surface area contributed by atoms with E-state index in [0.717, 1.165) is 0 Å². The van der Waals surface area contributed by atoms with Crippen LogP contribution in [0.4, 0.5) is 26.3 Å². The molecule has 0 aliphatic heterocycles. The highest BCUT2D eigenvalue weighted by atomic mass is 19.4. The fraction of sp³-hybridized carbons (Fsp3) is 0.600. The van der Waals surface area contributed by atoms with Crippen molar-refractivity contribution in [3.63, 3.8) is 0 Å². The van der Waals surface area contributed by atoms with Crippen LogP contribution in [0, 0.1) is 5.92 Å². The van der Waals surface area contributed by atoms with Gasteiger partial charge in [0.15, 0.2) is 0 Å². The van der Waals surface area contributed by atoms with Crippen molar-refractivity contribution in [3.05, 3.63) is 34.9 Å². The molecule has 0 heterocycles. The topological polar surface area (TPSA) is 46.2 Å². The van der Waals surface area contributed by atoms with Gasteiger partial charge in [0.2, 0.25) is 0 Å². The van der Waals surface area contributed by atoms with Crippen LogP contribution < -0.4 is 5.73 Å². The third-order valence-electron chi connectivity index (χ3n) is 3.45. The van der Waals surface area contributed by atoms with Crippen molar-refractivity contribution >= 4 is 0 Å². The molecule has 0 radical (unpaired) electrons. The lowest BCUT2D eigenvalue weighted by Gasteiger charge is -2.22. The predicted octanol–water partition coefficient (Wildman–Crippen LogP) is 4.52. The summed E-state index contributed by atoms with van der Waals surface area (Å²) in [4.78, 5) is 0. The van der Waals surface area contributed by atoms with Gasteiger partial charge in [-0.15, -0.1) is 0 Å². The van der Waals surface area contributed by atoms with Crippen LogP contribution in [0.15, 0.2) is 18.2 Å². The fourth-order valence-corrected chi connectivity index (χ4v) is 2.08. The van der Waals surface area contributed by atoms with Gasteiger partial charge in [-0.25, -0.2) is 0 Å². The van der Waals surface area contributed by atoms with Gasteiger partial charge in [0.1, 0.15) is 0 Å². The molecule has 0 aromatic heterocycles. The van der Waals surface area contributed by atoms with E-state index in [9.17, 15) is 31.4 Å². The molecule has 2 nitrogen and oxygen atoms in total. The van der Waals surface area contributed by atoms with Gasteiger partial charge in [-0.1, -0.05) is 13.8 Å². The maximum atomic E-state index is 12.8. The molecule has 0 aliphatic carbocycles. The van der Waals surface area contributed by atoms with Crippen LogP contribution in [0.1, 0.15) is 49.4 Å². The Bertz CT molecular complexity index is 491. The van der Waals surface area contributed by atoms with E-state index in [-0.39, 0.29) is 24.0 Å². The Morgan fingerprint density at radius 3 is 1.70 bits per heavy atom. The second-order valence-corrected chi connectivity index (χ2v) is 5.90. The molecule has 0 amide bonds. The molecule has 0 fully saturated rings. The van der Waals surface area contributed by atoms with Gasteiger partial charge in [0.25, 0.3) is 0 Å². The number of hydrogen-bond donors (Lipinski definition) is 2. The minimum absolute atomic E-state index is 0.0384. The van der Waals surface area contributed by atoms with Crippen LogP contribution in [-0.4, -0.2) is 11.2 Å². The predicted molar refractivity (Wildman–Crippen MR) is 73.5 cm³/mol.